The molecule has 0 unspecified atom stereocenters. The van der Waals surface area contributed by atoms with Crippen LogP contribution < -0.4 is 5.32 Å². The van der Waals surface area contributed by atoms with Crippen molar-refractivity contribution in [3.63, 3.8) is 0 Å². The molecule has 0 aliphatic carbocycles. The summed E-state index contributed by atoms with van der Waals surface area (Å²) in [6, 6.07) is 0. The zero-order chi connectivity index (χ0) is 27.8. The first-order valence-corrected chi connectivity index (χ1v) is 11.8. The third-order valence-corrected chi connectivity index (χ3v) is 5.39. The Bertz CT molecular complexity index is 816. The van der Waals surface area contributed by atoms with E-state index in [0.717, 1.165) is 0 Å². The highest BCUT2D eigenvalue weighted by molar-refractivity contribution is 6.12. The summed E-state index contributed by atoms with van der Waals surface area (Å²) in [5, 5.41) is 39.5. The van der Waals surface area contributed by atoms with Crippen molar-refractivity contribution < 1.29 is 49.2 Å². The van der Waals surface area contributed by atoms with Crippen molar-refractivity contribution in [1.29, 1.82) is 0 Å². The van der Waals surface area contributed by atoms with E-state index in [1.165, 1.54) is 26.9 Å². The average molecular weight is 530 g/mol. The van der Waals surface area contributed by atoms with Crippen LogP contribution in [0.25, 0.3) is 0 Å². The van der Waals surface area contributed by atoms with Gasteiger partial charge in [-0.1, -0.05) is 0 Å². The van der Waals surface area contributed by atoms with Crippen LogP contribution in [0.3, 0.4) is 0 Å². The lowest BCUT2D eigenvalue weighted by Gasteiger charge is -2.28. The quantitative estimate of drug-likeness (QED) is 0.0727. The van der Waals surface area contributed by atoms with E-state index in [0.29, 0.717) is 39.0 Å². The van der Waals surface area contributed by atoms with Crippen molar-refractivity contribution in [2.75, 3.05) is 78.5 Å². The van der Waals surface area contributed by atoms with Crippen LogP contribution in [0, 0.1) is 0 Å². The molecule has 0 radical (unpaired) electrons. The number of carbonyl (C=O) groups excluding carboxylic acids is 2. The molecule has 0 saturated heterocycles. The number of unbranched alkanes of at least 4 members (excludes halogenated alkanes) is 1. The summed E-state index contributed by atoms with van der Waals surface area (Å²) < 4.78 is 0. The monoisotopic (exact) mass is 529 g/mol. The summed E-state index contributed by atoms with van der Waals surface area (Å²) in [5.74, 6) is -5.23. The van der Waals surface area contributed by atoms with Crippen molar-refractivity contribution in [2.24, 2.45) is 0 Å². The van der Waals surface area contributed by atoms with E-state index < -0.39 is 37.0 Å². The second-order valence-electron chi connectivity index (χ2n) is 8.46. The molecule has 0 aromatic carbocycles. The summed E-state index contributed by atoms with van der Waals surface area (Å²) in [4.78, 5) is 72.9. The average Bonchev–Trinajstić information content (AvgIpc) is 3.10. The number of amides is 2. The Morgan fingerprint density at radius 1 is 0.622 bits per heavy atom. The molecule has 15 heteroatoms. The molecule has 0 bridgehead atoms. The van der Waals surface area contributed by atoms with Gasteiger partial charge in [0.2, 0.25) is 0 Å². The summed E-state index contributed by atoms with van der Waals surface area (Å²) in [6.45, 7) is 0.600. The van der Waals surface area contributed by atoms with Gasteiger partial charge >= 0.3 is 23.9 Å². The van der Waals surface area contributed by atoms with E-state index in [2.05, 4.69) is 5.32 Å². The van der Waals surface area contributed by atoms with Gasteiger partial charge < -0.3 is 25.7 Å². The lowest BCUT2D eigenvalue weighted by molar-refractivity contribution is -0.143. The Morgan fingerprint density at radius 3 is 1.49 bits per heavy atom. The van der Waals surface area contributed by atoms with Crippen LogP contribution >= 0.6 is 0 Å². The zero-order valence-electron chi connectivity index (χ0n) is 20.6. The molecule has 37 heavy (non-hydrogen) atoms. The van der Waals surface area contributed by atoms with Gasteiger partial charge in [-0.05, 0) is 19.4 Å². The normalized spacial score (nSPS) is 13.3. The first-order valence-electron chi connectivity index (χ1n) is 11.8. The maximum absolute atomic E-state index is 11.5. The van der Waals surface area contributed by atoms with Gasteiger partial charge in [0.25, 0.3) is 11.8 Å². The van der Waals surface area contributed by atoms with E-state index in [4.69, 9.17) is 10.2 Å². The lowest BCUT2D eigenvalue weighted by atomic mass is 10.3. The third-order valence-electron chi connectivity index (χ3n) is 5.39. The van der Waals surface area contributed by atoms with Gasteiger partial charge in [0.15, 0.2) is 0 Å². The Morgan fingerprint density at radius 2 is 1.03 bits per heavy atom. The van der Waals surface area contributed by atoms with Crippen LogP contribution in [0.5, 0.6) is 0 Å². The first-order chi connectivity index (χ1) is 17.5. The van der Waals surface area contributed by atoms with Gasteiger partial charge in [-0.25, -0.2) is 0 Å². The lowest BCUT2D eigenvalue weighted by Crippen LogP contribution is -2.45. The van der Waals surface area contributed by atoms with Gasteiger partial charge in [0.05, 0.1) is 26.2 Å². The minimum absolute atomic E-state index is 0.0110. The van der Waals surface area contributed by atoms with Crippen LogP contribution in [0.4, 0.5) is 0 Å². The molecule has 1 aliphatic heterocycles. The predicted molar refractivity (Wildman–Crippen MR) is 128 cm³/mol. The smallest absolute Gasteiger partial charge is 0.317 e. The second-order valence-corrected chi connectivity index (χ2v) is 8.46. The maximum atomic E-state index is 11.5. The van der Waals surface area contributed by atoms with Crippen molar-refractivity contribution >= 4 is 35.7 Å². The SMILES string of the molecule is O=C(O)CN(CCNCCCCN1C(=O)C=CC1=O)CCN(CCN(CC(=O)O)CC(=O)O)CC(=O)O. The van der Waals surface area contributed by atoms with Gasteiger partial charge in [0.1, 0.15) is 0 Å². The van der Waals surface area contributed by atoms with Crippen LogP contribution in [0.2, 0.25) is 0 Å². The number of imide groups is 1. The van der Waals surface area contributed by atoms with E-state index in [1.807, 2.05) is 0 Å². The molecule has 2 amide bonds. The Hall–Kier alpha value is -3.40. The van der Waals surface area contributed by atoms with Gasteiger partial charge in [-0.3, -0.25) is 48.4 Å². The number of nitrogens with one attached hydrogen (secondary N) is 1. The molecule has 208 valence electrons. The number of carbonyl (C=O) groups is 6. The summed E-state index contributed by atoms with van der Waals surface area (Å²) in [6.07, 6.45) is 3.79. The van der Waals surface area contributed by atoms with Crippen LogP contribution in [0.15, 0.2) is 12.2 Å². The fraction of sp³-hybridized carbons (Fsp3) is 0.636. The highest BCUT2D eigenvalue weighted by Gasteiger charge is 2.22. The minimum atomic E-state index is -1.21. The van der Waals surface area contributed by atoms with Gasteiger partial charge in [0, 0.05) is 58.0 Å². The topological polar surface area (TPSA) is 208 Å². The van der Waals surface area contributed by atoms with E-state index in [-0.39, 0.29) is 51.1 Å². The van der Waals surface area contributed by atoms with Crippen LogP contribution in [-0.4, -0.2) is 154 Å². The maximum Gasteiger partial charge on any atom is 0.317 e. The fourth-order valence-electron chi connectivity index (χ4n) is 3.62. The van der Waals surface area contributed by atoms with E-state index >= 15 is 0 Å². The number of carboxylic acids is 4. The number of hydrogen-bond acceptors (Lipinski definition) is 10. The molecule has 0 spiro atoms. The Labute approximate surface area is 213 Å². The highest BCUT2D eigenvalue weighted by atomic mass is 16.4. The third kappa shape index (κ3) is 14.7. The van der Waals surface area contributed by atoms with Crippen molar-refractivity contribution in [3.8, 4) is 0 Å². The number of aliphatic carboxylic acids is 4. The summed E-state index contributed by atoms with van der Waals surface area (Å²) in [5.41, 5.74) is 0. The molecular formula is C22H35N5O10. The Balaban J connectivity index is 2.45. The van der Waals surface area contributed by atoms with Crippen molar-refractivity contribution in [2.45, 2.75) is 12.8 Å². The van der Waals surface area contributed by atoms with Gasteiger partial charge in [-0.2, -0.15) is 0 Å². The molecule has 15 nitrogen and oxygen atoms in total. The molecule has 0 aromatic heterocycles. The molecule has 5 N–H and O–H groups in total. The second kappa shape index (κ2) is 17.1. The number of hydrogen-bond donors (Lipinski definition) is 5. The molecule has 0 atom stereocenters. The molecular weight excluding hydrogens is 494 g/mol. The molecule has 1 heterocycles. The number of carboxylic acid groups (broad SMARTS) is 4. The molecule has 0 aromatic rings. The van der Waals surface area contributed by atoms with Gasteiger partial charge in [-0.15, -0.1) is 0 Å². The fourth-order valence-corrected chi connectivity index (χ4v) is 3.62. The summed E-state index contributed by atoms with van der Waals surface area (Å²) >= 11 is 0. The predicted octanol–water partition coefficient (Wildman–Crippen LogP) is -2.47. The van der Waals surface area contributed by atoms with Crippen LogP contribution in [0.1, 0.15) is 12.8 Å². The summed E-state index contributed by atoms with van der Waals surface area (Å²) in [7, 11) is 0. The van der Waals surface area contributed by atoms with Crippen LogP contribution in [-0.2, 0) is 28.8 Å². The highest BCUT2D eigenvalue weighted by Crippen LogP contribution is 2.05. The number of nitrogens with zero attached hydrogens (tertiary/aromatic N) is 4. The van der Waals surface area contributed by atoms with E-state index in [1.54, 1.807) is 4.90 Å². The molecule has 0 saturated carbocycles. The zero-order valence-corrected chi connectivity index (χ0v) is 20.6. The standard InChI is InChI=1S/C22H35N5O10/c28-17-3-4-18(29)27(17)7-2-1-5-23-6-8-24(13-19(30)31)9-10-25(14-20(32)33)11-12-26(15-21(34)35)16-22(36)37/h3-4,23H,1-2,5-16H2,(H,30,31)(H,32,33)(H,34,35)(H,36,37). The largest absolute Gasteiger partial charge is 0.480 e. The first kappa shape index (κ1) is 31.6. The number of rotatable bonds is 22. The molecule has 1 aliphatic rings. The molecule has 0 fully saturated rings. The van der Waals surface area contributed by atoms with Crippen molar-refractivity contribution in [3.05, 3.63) is 12.2 Å². The Kier molecular flexibility index (Phi) is 14.6. The van der Waals surface area contributed by atoms with Crippen molar-refractivity contribution in [1.82, 2.24) is 24.9 Å². The molecule has 1 rings (SSSR count). The van der Waals surface area contributed by atoms with E-state index in [9.17, 15) is 39.0 Å². The minimum Gasteiger partial charge on any atom is -0.480 e.